The Balaban J connectivity index is 1.82. The van der Waals surface area contributed by atoms with Crippen molar-refractivity contribution in [2.24, 2.45) is 0 Å². The van der Waals surface area contributed by atoms with E-state index in [2.05, 4.69) is 10.3 Å². The fourth-order valence-corrected chi connectivity index (χ4v) is 2.54. The number of para-hydroxylation sites is 1. The van der Waals surface area contributed by atoms with Crippen LogP contribution in [0.2, 0.25) is 0 Å². The number of carbonyl (C=O) groups excluding carboxylic acids is 1. The third-order valence-electron chi connectivity index (χ3n) is 3.77. The van der Waals surface area contributed by atoms with Gasteiger partial charge in [-0.25, -0.2) is 4.98 Å². The number of anilines is 1. The number of hydrogen-bond acceptors (Lipinski definition) is 4. The van der Waals surface area contributed by atoms with Gasteiger partial charge in [-0.15, -0.1) is 0 Å². The zero-order valence-electron chi connectivity index (χ0n) is 13.8. The number of carboxylic acid groups (broad SMARTS) is 1. The number of aliphatic carboxylic acids is 1. The standard InChI is InChI=1S/C19H18N2O4/c1-12-9-10-16-15(11-12)21-19(25-16)13-5-2-3-6-14(13)20-17(22)7-4-8-18(23)24/h2-3,5-6,9-11H,4,7-8H2,1H3,(H,20,22)(H,23,24). The Labute approximate surface area is 144 Å². The highest BCUT2D eigenvalue weighted by Gasteiger charge is 2.14. The first kappa shape index (κ1) is 16.7. The first-order valence-corrected chi connectivity index (χ1v) is 8.01. The second-order valence-corrected chi connectivity index (χ2v) is 5.83. The molecule has 0 aliphatic carbocycles. The van der Waals surface area contributed by atoms with Crippen LogP contribution in [-0.4, -0.2) is 22.0 Å². The lowest BCUT2D eigenvalue weighted by Crippen LogP contribution is -2.12. The molecule has 0 fully saturated rings. The van der Waals surface area contributed by atoms with Crippen molar-refractivity contribution in [1.82, 2.24) is 4.98 Å². The second-order valence-electron chi connectivity index (χ2n) is 5.83. The topological polar surface area (TPSA) is 92.4 Å². The number of hydrogen-bond donors (Lipinski definition) is 2. The van der Waals surface area contributed by atoms with Crippen molar-refractivity contribution >= 4 is 28.7 Å². The summed E-state index contributed by atoms with van der Waals surface area (Å²) in [6.07, 6.45) is 0.415. The summed E-state index contributed by atoms with van der Waals surface area (Å²) in [5.41, 5.74) is 3.81. The zero-order valence-corrected chi connectivity index (χ0v) is 13.8. The Morgan fingerprint density at radius 1 is 1.16 bits per heavy atom. The number of benzene rings is 2. The van der Waals surface area contributed by atoms with Crippen LogP contribution in [0.15, 0.2) is 46.9 Å². The molecule has 1 aromatic heterocycles. The highest BCUT2D eigenvalue weighted by Crippen LogP contribution is 2.30. The summed E-state index contributed by atoms with van der Waals surface area (Å²) in [6.45, 7) is 1.99. The van der Waals surface area contributed by atoms with E-state index < -0.39 is 5.97 Å². The SMILES string of the molecule is Cc1ccc2oc(-c3ccccc3NC(=O)CCCC(=O)O)nc2c1. The van der Waals surface area contributed by atoms with Crippen molar-refractivity contribution in [2.45, 2.75) is 26.2 Å². The highest BCUT2D eigenvalue weighted by molar-refractivity contribution is 5.95. The molecule has 6 nitrogen and oxygen atoms in total. The summed E-state index contributed by atoms with van der Waals surface area (Å²) < 4.78 is 5.80. The molecule has 2 aromatic carbocycles. The summed E-state index contributed by atoms with van der Waals surface area (Å²) in [6, 6.07) is 13.0. The maximum Gasteiger partial charge on any atom is 0.303 e. The Morgan fingerprint density at radius 2 is 1.96 bits per heavy atom. The number of carboxylic acids is 1. The van der Waals surface area contributed by atoms with Crippen molar-refractivity contribution in [3.05, 3.63) is 48.0 Å². The van der Waals surface area contributed by atoms with Gasteiger partial charge in [0, 0.05) is 12.8 Å². The maximum absolute atomic E-state index is 12.0. The molecule has 0 radical (unpaired) electrons. The Bertz CT molecular complexity index is 930. The van der Waals surface area contributed by atoms with Crippen LogP contribution in [0.25, 0.3) is 22.6 Å². The molecule has 3 aromatic rings. The highest BCUT2D eigenvalue weighted by atomic mass is 16.4. The van der Waals surface area contributed by atoms with E-state index in [0.717, 1.165) is 11.1 Å². The van der Waals surface area contributed by atoms with Gasteiger partial charge < -0.3 is 14.8 Å². The third kappa shape index (κ3) is 4.03. The lowest BCUT2D eigenvalue weighted by molar-refractivity contribution is -0.137. The van der Waals surface area contributed by atoms with Gasteiger partial charge in [-0.1, -0.05) is 18.2 Å². The van der Waals surface area contributed by atoms with E-state index in [1.165, 1.54) is 0 Å². The summed E-state index contributed by atoms with van der Waals surface area (Å²) in [5.74, 6) is -0.710. The van der Waals surface area contributed by atoms with Gasteiger partial charge in [0.2, 0.25) is 11.8 Å². The summed E-state index contributed by atoms with van der Waals surface area (Å²) in [7, 11) is 0. The normalized spacial score (nSPS) is 10.8. The largest absolute Gasteiger partial charge is 0.481 e. The van der Waals surface area contributed by atoms with Gasteiger partial charge in [0.1, 0.15) is 5.52 Å². The zero-order chi connectivity index (χ0) is 17.8. The molecule has 3 rings (SSSR count). The van der Waals surface area contributed by atoms with Gasteiger partial charge in [-0.2, -0.15) is 0 Å². The number of carbonyl (C=O) groups is 2. The van der Waals surface area contributed by atoms with Gasteiger partial charge in [-0.3, -0.25) is 9.59 Å². The quantitative estimate of drug-likeness (QED) is 0.709. The van der Waals surface area contributed by atoms with Crippen molar-refractivity contribution in [2.75, 3.05) is 5.32 Å². The van der Waals surface area contributed by atoms with Crippen LogP contribution in [0.1, 0.15) is 24.8 Å². The number of aryl methyl sites for hydroxylation is 1. The molecule has 1 amide bonds. The lowest BCUT2D eigenvalue weighted by atomic mass is 10.1. The van der Waals surface area contributed by atoms with E-state index in [1.807, 2.05) is 43.3 Å². The van der Waals surface area contributed by atoms with Gasteiger partial charge in [0.05, 0.1) is 11.3 Å². The van der Waals surface area contributed by atoms with E-state index in [9.17, 15) is 9.59 Å². The van der Waals surface area contributed by atoms with Crippen LogP contribution >= 0.6 is 0 Å². The molecule has 6 heteroatoms. The Kier molecular flexibility index (Phi) is 4.79. The third-order valence-corrected chi connectivity index (χ3v) is 3.77. The maximum atomic E-state index is 12.0. The van der Waals surface area contributed by atoms with Gasteiger partial charge in [0.25, 0.3) is 0 Å². The van der Waals surface area contributed by atoms with Crippen LogP contribution in [0.3, 0.4) is 0 Å². The van der Waals surface area contributed by atoms with E-state index in [0.29, 0.717) is 29.1 Å². The second kappa shape index (κ2) is 7.17. The van der Waals surface area contributed by atoms with Gasteiger partial charge in [-0.05, 0) is 43.2 Å². The summed E-state index contributed by atoms with van der Waals surface area (Å²) in [5, 5.41) is 11.5. The lowest BCUT2D eigenvalue weighted by Gasteiger charge is -2.08. The Morgan fingerprint density at radius 3 is 2.76 bits per heavy atom. The molecule has 0 atom stereocenters. The van der Waals surface area contributed by atoms with Crippen LogP contribution in [0.5, 0.6) is 0 Å². The molecule has 2 N–H and O–H groups in total. The number of nitrogens with zero attached hydrogens (tertiary/aromatic N) is 1. The van der Waals surface area contributed by atoms with E-state index in [4.69, 9.17) is 9.52 Å². The van der Waals surface area contributed by atoms with Crippen molar-refractivity contribution < 1.29 is 19.1 Å². The smallest absolute Gasteiger partial charge is 0.303 e. The van der Waals surface area contributed by atoms with Crippen molar-refractivity contribution in [1.29, 1.82) is 0 Å². The average Bonchev–Trinajstić information content (AvgIpc) is 2.97. The van der Waals surface area contributed by atoms with E-state index in [-0.39, 0.29) is 18.7 Å². The van der Waals surface area contributed by atoms with Crippen LogP contribution in [0.4, 0.5) is 5.69 Å². The minimum atomic E-state index is -0.907. The number of nitrogens with one attached hydrogen (secondary N) is 1. The number of amides is 1. The molecule has 0 aliphatic heterocycles. The van der Waals surface area contributed by atoms with E-state index in [1.54, 1.807) is 6.07 Å². The average molecular weight is 338 g/mol. The van der Waals surface area contributed by atoms with Gasteiger partial charge >= 0.3 is 5.97 Å². The molecule has 0 unspecified atom stereocenters. The fourth-order valence-electron chi connectivity index (χ4n) is 2.54. The van der Waals surface area contributed by atoms with E-state index >= 15 is 0 Å². The van der Waals surface area contributed by atoms with Crippen molar-refractivity contribution in [3.8, 4) is 11.5 Å². The van der Waals surface area contributed by atoms with Crippen LogP contribution < -0.4 is 5.32 Å². The molecule has 0 saturated carbocycles. The predicted octanol–water partition coefficient (Wildman–Crippen LogP) is 4.00. The Hall–Kier alpha value is -3.15. The first-order valence-electron chi connectivity index (χ1n) is 8.01. The molecule has 25 heavy (non-hydrogen) atoms. The number of rotatable bonds is 6. The summed E-state index contributed by atoms with van der Waals surface area (Å²) >= 11 is 0. The van der Waals surface area contributed by atoms with Crippen LogP contribution in [-0.2, 0) is 9.59 Å². The molecule has 1 heterocycles. The molecule has 0 bridgehead atoms. The fraction of sp³-hybridized carbons (Fsp3) is 0.211. The first-order chi connectivity index (χ1) is 12.0. The van der Waals surface area contributed by atoms with Crippen LogP contribution in [0, 0.1) is 6.92 Å². The number of oxazole rings is 1. The summed E-state index contributed by atoms with van der Waals surface area (Å²) in [4.78, 5) is 27.1. The van der Waals surface area contributed by atoms with Crippen molar-refractivity contribution in [3.63, 3.8) is 0 Å². The predicted molar refractivity (Wildman–Crippen MR) is 94.3 cm³/mol. The molecule has 128 valence electrons. The number of aromatic nitrogens is 1. The minimum Gasteiger partial charge on any atom is -0.481 e. The van der Waals surface area contributed by atoms with Gasteiger partial charge in [0.15, 0.2) is 5.58 Å². The monoisotopic (exact) mass is 338 g/mol. The molecular weight excluding hydrogens is 320 g/mol. The molecular formula is C19H18N2O4. The number of fused-ring (bicyclic) bond motifs is 1. The molecule has 0 saturated heterocycles. The molecule has 0 spiro atoms. The minimum absolute atomic E-state index is 0.0282. The molecule has 0 aliphatic rings.